The number of aliphatic hydroxyl groups is 1. The minimum absolute atomic E-state index is 0.0160. The Kier molecular flexibility index (Phi) is 3.64. The number of para-hydroxylation sites is 1. The van der Waals surface area contributed by atoms with Crippen molar-refractivity contribution >= 4 is 11.6 Å². The van der Waals surface area contributed by atoms with Gasteiger partial charge >= 0.3 is 0 Å². The summed E-state index contributed by atoms with van der Waals surface area (Å²) in [7, 11) is 0. The lowest BCUT2D eigenvalue weighted by atomic mass is 10.1. The largest absolute Gasteiger partial charge is 0.395 e. The van der Waals surface area contributed by atoms with Crippen LogP contribution in [0.5, 0.6) is 0 Å². The number of nitrogens with zero attached hydrogens (tertiary/aromatic N) is 1. The first-order chi connectivity index (χ1) is 8.22. The van der Waals surface area contributed by atoms with E-state index in [-0.39, 0.29) is 12.5 Å². The topological polar surface area (TPSA) is 52.6 Å². The SMILES string of the molecule is CC1Cc2ccccc2N1CC(=O)NCCO. The monoisotopic (exact) mass is 234 g/mol. The summed E-state index contributed by atoms with van der Waals surface area (Å²) >= 11 is 0. The zero-order valence-corrected chi connectivity index (χ0v) is 10.0. The molecule has 0 fully saturated rings. The van der Waals surface area contributed by atoms with Crippen LogP contribution in [0.2, 0.25) is 0 Å². The van der Waals surface area contributed by atoms with Crippen LogP contribution in [0.3, 0.4) is 0 Å². The highest BCUT2D eigenvalue weighted by molar-refractivity contribution is 5.82. The summed E-state index contributed by atoms with van der Waals surface area (Å²) in [6.45, 7) is 2.79. The first kappa shape index (κ1) is 11.9. The van der Waals surface area contributed by atoms with E-state index < -0.39 is 0 Å². The third-order valence-corrected chi connectivity index (χ3v) is 3.10. The molecule has 1 aromatic rings. The molecule has 17 heavy (non-hydrogen) atoms. The number of benzene rings is 1. The van der Waals surface area contributed by atoms with Crippen LogP contribution < -0.4 is 10.2 Å². The quantitative estimate of drug-likeness (QED) is 0.799. The van der Waals surface area contributed by atoms with Gasteiger partial charge in [-0.05, 0) is 25.0 Å². The van der Waals surface area contributed by atoms with Crippen molar-refractivity contribution in [2.75, 3.05) is 24.6 Å². The Morgan fingerprint density at radius 3 is 3.06 bits per heavy atom. The van der Waals surface area contributed by atoms with E-state index in [0.29, 0.717) is 19.1 Å². The summed E-state index contributed by atoms with van der Waals surface area (Å²) in [4.78, 5) is 13.8. The summed E-state index contributed by atoms with van der Waals surface area (Å²) in [6.07, 6.45) is 0.990. The second kappa shape index (κ2) is 5.19. The summed E-state index contributed by atoms with van der Waals surface area (Å²) < 4.78 is 0. The number of hydrogen-bond acceptors (Lipinski definition) is 3. The van der Waals surface area contributed by atoms with Gasteiger partial charge < -0.3 is 15.3 Å². The highest BCUT2D eigenvalue weighted by atomic mass is 16.3. The second-order valence-electron chi connectivity index (χ2n) is 4.38. The Morgan fingerprint density at radius 1 is 1.53 bits per heavy atom. The van der Waals surface area contributed by atoms with Gasteiger partial charge in [0, 0.05) is 18.3 Å². The minimum atomic E-state index is -0.0393. The van der Waals surface area contributed by atoms with Gasteiger partial charge in [-0.1, -0.05) is 18.2 Å². The molecular weight excluding hydrogens is 216 g/mol. The molecule has 0 aliphatic carbocycles. The molecule has 0 aromatic heterocycles. The van der Waals surface area contributed by atoms with Gasteiger partial charge in [0.2, 0.25) is 5.91 Å². The zero-order valence-electron chi connectivity index (χ0n) is 10.0. The predicted octanol–water partition coefficient (Wildman–Crippen LogP) is 0.546. The standard InChI is InChI=1S/C13H18N2O2/c1-10-8-11-4-2-3-5-12(11)15(10)9-13(17)14-6-7-16/h2-5,10,16H,6-9H2,1H3,(H,14,17). The van der Waals surface area contributed by atoms with Crippen LogP contribution in [0.1, 0.15) is 12.5 Å². The molecule has 2 N–H and O–H groups in total. The van der Waals surface area contributed by atoms with Crippen molar-refractivity contribution in [3.63, 3.8) is 0 Å². The van der Waals surface area contributed by atoms with Crippen LogP contribution in [0.25, 0.3) is 0 Å². The molecule has 2 rings (SSSR count). The maximum atomic E-state index is 11.6. The van der Waals surface area contributed by atoms with E-state index in [1.807, 2.05) is 12.1 Å². The highest BCUT2D eigenvalue weighted by Crippen LogP contribution is 2.31. The van der Waals surface area contributed by atoms with Crippen LogP contribution in [-0.2, 0) is 11.2 Å². The summed E-state index contributed by atoms with van der Waals surface area (Å²) in [6, 6.07) is 8.54. The van der Waals surface area contributed by atoms with Crippen molar-refractivity contribution in [3.05, 3.63) is 29.8 Å². The van der Waals surface area contributed by atoms with Gasteiger partial charge in [0.15, 0.2) is 0 Å². The maximum Gasteiger partial charge on any atom is 0.239 e. The molecule has 1 heterocycles. The lowest BCUT2D eigenvalue weighted by Gasteiger charge is -2.24. The maximum absolute atomic E-state index is 11.6. The number of aliphatic hydroxyl groups excluding tert-OH is 1. The second-order valence-corrected chi connectivity index (χ2v) is 4.38. The number of amides is 1. The number of nitrogens with one attached hydrogen (secondary N) is 1. The van der Waals surface area contributed by atoms with E-state index in [9.17, 15) is 4.79 Å². The van der Waals surface area contributed by atoms with Crippen molar-refractivity contribution in [2.45, 2.75) is 19.4 Å². The Hall–Kier alpha value is -1.55. The van der Waals surface area contributed by atoms with Crippen LogP contribution in [0.4, 0.5) is 5.69 Å². The van der Waals surface area contributed by atoms with Gasteiger partial charge in [0.1, 0.15) is 0 Å². The van der Waals surface area contributed by atoms with Crippen molar-refractivity contribution < 1.29 is 9.90 Å². The predicted molar refractivity (Wildman–Crippen MR) is 67.0 cm³/mol. The smallest absolute Gasteiger partial charge is 0.239 e. The molecule has 92 valence electrons. The summed E-state index contributed by atoms with van der Waals surface area (Å²) in [5, 5.41) is 11.3. The lowest BCUT2D eigenvalue weighted by Crippen LogP contribution is -2.40. The van der Waals surface area contributed by atoms with E-state index in [2.05, 4.69) is 29.3 Å². The molecule has 0 saturated heterocycles. The van der Waals surface area contributed by atoms with E-state index in [1.165, 1.54) is 5.56 Å². The van der Waals surface area contributed by atoms with Crippen molar-refractivity contribution in [1.82, 2.24) is 5.32 Å². The van der Waals surface area contributed by atoms with Gasteiger partial charge in [-0.25, -0.2) is 0 Å². The fourth-order valence-corrected chi connectivity index (χ4v) is 2.28. The molecule has 4 nitrogen and oxygen atoms in total. The molecule has 0 saturated carbocycles. The number of anilines is 1. The first-order valence-corrected chi connectivity index (χ1v) is 5.94. The summed E-state index contributed by atoms with van der Waals surface area (Å²) in [5.74, 6) is -0.0393. The molecule has 0 bridgehead atoms. The third kappa shape index (κ3) is 2.58. The number of fused-ring (bicyclic) bond motifs is 1. The molecule has 1 amide bonds. The first-order valence-electron chi connectivity index (χ1n) is 5.94. The Labute approximate surface area is 101 Å². The zero-order chi connectivity index (χ0) is 12.3. The van der Waals surface area contributed by atoms with Crippen LogP contribution in [-0.4, -0.2) is 36.8 Å². The van der Waals surface area contributed by atoms with Crippen LogP contribution in [0.15, 0.2) is 24.3 Å². The molecule has 1 aliphatic rings. The Bertz CT molecular complexity index is 406. The number of carbonyl (C=O) groups excluding carboxylic acids is 1. The van der Waals surface area contributed by atoms with Gasteiger partial charge in [-0.2, -0.15) is 0 Å². The fraction of sp³-hybridized carbons (Fsp3) is 0.462. The van der Waals surface area contributed by atoms with E-state index in [1.54, 1.807) is 0 Å². The van der Waals surface area contributed by atoms with Gasteiger partial charge in [-0.3, -0.25) is 4.79 Å². The third-order valence-electron chi connectivity index (χ3n) is 3.10. The van der Waals surface area contributed by atoms with Crippen LogP contribution in [0, 0.1) is 0 Å². The molecule has 0 radical (unpaired) electrons. The average molecular weight is 234 g/mol. The number of rotatable bonds is 4. The molecule has 1 aromatic carbocycles. The van der Waals surface area contributed by atoms with E-state index >= 15 is 0 Å². The molecular formula is C13H18N2O2. The molecule has 4 heteroatoms. The normalized spacial score (nSPS) is 18.0. The van der Waals surface area contributed by atoms with Gasteiger partial charge in [-0.15, -0.1) is 0 Å². The molecule has 0 spiro atoms. The van der Waals surface area contributed by atoms with Crippen LogP contribution >= 0.6 is 0 Å². The van der Waals surface area contributed by atoms with Crippen molar-refractivity contribution in [3.8, 4) is 0 Å². The van der Waals surface area contributed by atoms with Gasteiger partial charge in [0.05, 0.1) is 13.2 Å². The molecule has 1 unspecified atom stereocenters. The van der Waals surface area contributed by atoms with E-state index in [0.717, 1.165) is 12.1 Å². The molecule has 1 aliphatic heterocycles. The highest BCUT2D eigenvalue weighted by Gasteiger charge is 2.26. The lowest BCUT2D eigenvalue weighted by molar-refractivity contribution is -0.120. The Morgan fingerprint density at radius 2 is 2.29 bits per heavy atom. The van der Waals surface area contributed by atoms with Gasteiger partial charge in [0.25, 0.3) is 0 Å². The Balaban J connectivity index is 2.04. The van der Waals surface area contributed by atoms with Crippen molar-refractivity contribution in [2.24, 2.45) is 0 Å². The fourth-order valence-electron chi connectivity index (χ4n) is 2.28. The minimum Gasteiger partial charge on any atom is -0.395 e. The molecule has 1 atom stereocenters. The number of carbonyl (C=O) groups is 1. The number of hydrogen-bond donors (Lipinski definition) is 2. The average Bonchev–Trinajstić information content (AvgIpc) is 2.64. The summed E-state index contributed by atoms with van der Waals surface area (Å²) in [5.41, 5.74) is 2.45. The van der Waals surface area contributed by atoms with E-state index in [4.69, 9.17) is 5.11 Å². The van der Waals surface area contributed by atoms with Crippen molar-refractivity contribution in [1.29, 1.82) is 0 Å².